The summed E-state index contributed by atoms with van der Waals surface area (Å²) in [5.74, 6) is -3.45. The molecule has 0 unspecified atom stereocenters. The molecule has 98 valence electrons. The molecule has 0 atom stereocenters. The molecule has 0 saturated carbocycles. The summed E-state index contributed by atoms with van der Waals surface area (Å²) in [6.07, 6.45) is 0. The average molecular weight is 257 g/mol. The third kappa shape index (κ3) is 2.82. The minimum Gasteiger partial charge on any atom is -0.468 e. The van der Waals surface area contributed by atoms with Gasteiger partial charge >= 0.3 is 5.97 Å². The van der Waals surface area contributed by atoms with Gasteiger partial charge in [-0.25, -0.2) is 8.78 Å². The second kappa shape index (κ2) is 5.57. The molecule has 18 heavy (non-hydrogen) atoms. The molecule has 0 spiro atoms. The number of hydrogen-bond donors (Lipinski definition) is 0. The highest BCUT2D eigenvalue weighted by atomic mass is 19.1. The van der Waals surface area contributed by atoms with Crippen molar-refractivity contribution >= 4 is 11.9 Å². The van der Waals surface area contributed by atoms with Crippen LogP contribution >= 0.6 is 0 Å². The minimum atomic E-state index is -0.959. The highest BCUT2D eigenvalue weighted by molar-refractivity contribution is 5.96. The molecule has 1 amide bonds. The van der Waals surface area contributed by atoms with Gasteiger partial charge in [-0.3, -0.25) is 9.59 Å². The van der Waals surface area contributed by atoms with Gasteiger partial charge in [-0.05, 0) is 18.6 Å². The van der Waals surface area contributed by atoms with Crippen molar-refractivity contribution in [2.75, 3.05) is 20.7 Å². The van der Waals surface area contributed by atoms with E-state index in [1.807, 2.05) is 0 Å². The SMILES string of the molecule is COC(=O)CN(C)C(=O)c1c(F)ccc(C)c1F. The lowest BCUT2D eigenvalue weighted by atomic mass is 10.1. The Morgan fingerprint density at radius 2 is 1.94 bits per heavy atom. The van der Waals surface area contributed by atoms with Gasteiger partial charge in [0, 0.05) is 7.05 Å². The number of carbonyl (C=O) groups excluding carboxylic acids is 2. The predicted octanol–water partition coefficient (Wildman–Crippen LogP) is 1.52. The van der Waals surface area contributed by atoms with Gasteiger partial charge in [0.1, 0.15) is 23.7 Å². The van der Waals surface area contributed by atoms with Crippen LogP contribution in [0.25, 0.3) is 0 Å². The van der Waals surface area contributed by atoms with Crippen molar-refractivity contribution in [2.45, 2.75) is 6.92 Å². The smallest absolute Gasteiger partial charge is 0.325 e. The summed E-state index contributed by atoms with van der Waals surface area (Å²) < 4.78 is 31.5. The van der Waals surface area contributed by atoms with Gasteiger partial charge in [0.05, 0.1) is 7.11 Å². The van der Waals surface area contributed by atoms with E-state index < -0.39 is 29.1 Å². The lowest BCUT2D eigenvalue weighted by Crippen LogP contribution is -2.33. The molecule has 0 saturated heterocycles. The number of amides is 1. The quantitative estimate of drug-likeness (QED) is 0.771. The van der Waals surface area contributed by atoms with Gasteiger partial charge in [-0.1, -0.05) is 6.07 Å². The molecule has 0 heterocycles. The summed E-state index contributed by atoms with van der Waals surface area (Å²) in [6, 6.07) is 2.25. The molecule has 6 heteroatoms. The first-order valence-corrected chi connectivity index (χ1v) is 5.15. The number of hydrogen-bond acceptors (Lipinski definition) is 3. The van der Waals surface area contributed by atoms with Gasteiger partial charge < -0.3 is 9.64 Å². The average Bonchev–Trinajstić information content (AvgIpc) is 2.33. The predicted molar refractivity (Wildman–Crippen MR) is 60.1 cm³/mol. The van der Waals surface area contributed by atoms with Crippen molar-refractivity contribution in [3.8, 4) is 0 Å². The van der Waals surface area contributed by atoms with Crippen LogP contribution in [0.4, 0.5) is 8.78 Å². The van der Waals surface area contributed by atoms with Crippen LogP contribution in [-0.2, 0) is 9.53 Å². The molecule has 0 aromatic heterocycles. The van der Waals surface area contributed by atoms with Gasteiger partial charge in [0.15, 0.2) is 0 Å². The number of methoxy groups -OCH3 is 1. The van der Waals surface area contributed by atoms with E-state index in [1.165, 1.54) is 20.0 Å². The fourth-order valence-corrected chi connectivity index (χ4v) is 1.37. The molecule has 0 aliphatic rings. The summed E-state index contributed by atoms with van der Waals surface area (Å²) in [5, 5.41) is 0. The number of halogens is 2. The minimum absolute atomic E-state index is 0.159. The molecular formula is C12H13F2NO3. The maximum atomic E-state index is 13.7. The lowest BCUT2D eigenvalue weighted by Gasteiger charge is -2.16. The summed E-state index contributed by atoms with van der Waals surface area (Å²) in [4.78, 5) is 23.7. The first kappa shape index (κ1) is 14.1. The third-order valence-corrected chi connectivity index (χ3v) is 2.44. The number of aryl methyl sites for hydroxylation is 1. The van der Waals surface area contributed by atoms with E-state index in [1.54, 1.807) is 0 Å². The first-order chi connectivity index (χ1) is 8.38. The molecule has 1 aromatic rings. The van der Waals surface area contributed by atoms with Crippen molar-refractivity contribution < 1.29 is 23.1 Å². The van der Waals surface area contributed by atoms with Gasteiger partial charge in [0.25, 0.3) is 5.91 Å². The topological polar surface area (TPSA) is 46.6 Å². The van der Waals surface area contributed by atoms with Gasteiger partial charge in [0.2, 0.25) is 0 Å². The number of benzene rings is 1. The second-order valence-electron chi connectivity index (χ2n) is 3.79. The maximum Gasteiger partial charge on any atom is 0.325 e. The fourth-order valence-electron chi connectivity index (χ4n) is 1.37. The second-order valence-corrected chi connectivity index (χ2v) is 3.79. The van der Waals surface area contributed by atoms with E-state index in [0.717, 1.165) is 18.1 Å². The standard InChI is InChI=1S/C12H13F2NO3/c1-7-4-5-8(13)10(11(7)14)12(17)15(2)6-9(16)18-3/h4-5H,6H2,1-3H3. The van der Waals surface area contributed by atoms with Crippen LogP contribution in [0.3, 0.4) is 0 Å². The van der Waals surface area contributed by atoms with Crippen LogP contribution in [0.5, 0.6) is 0 Å². The van der Waals surface area contributed by atoms with Crippen LogP contribution in [0.2, 0.25) is 0 Å². The highest BCUT2D eigenvalue weighted by Crippen LogP contribution is 2.17. The van der Waals surface area contributed by atoms with Crippen molar-refractivity contribution in [3.63, 3.8) is 0 Å². The molecule has 0 radical (unpaired) electrons. The van der Waals surface area contributed by atoms with E-state index in [9.17, 15) is 18.4 Å². The van der Waals surface area contributed by atoms with Crippen molar-refractivity contribution in [2.24, 2.45) is 0 Å². The maximum absolute atomic E-state index is 13.7. The van der Waals surface area contributed by atoms with Crippen LogP contribution < -0.4 is 0 Å². The molecule has 0 N–H and O–H groups in total. The monoisotopic (exact) mass is 257 g/mol. The van der Waals surface area contributed by atoms with Gasteiger partial charge in [-0.15, -0.1) is 0 Å². The molecule has 0 bridgehead atoms. The normalized spacial score (nSPS) is 10.1. The Hall–Kier alpha value is -1.98. The van der Waals surface area contributed by atoms with Gasteiger partial charge in [-0.2, -0.15) is 0 Å². The molecule has 0 fully saturated rings. The zero-order valence-electron chi connectivity index (χ0n) is 10.3. The molecule has 0 aliphatic heterocycles. The van der Waals surface area contributed by atoms with E-state index in [2.05, 4.69) is 4.74 Å². The summed E-state index contributed by atoms with van der Waals surface area (Å²) in [6.45, 7) is 1.05. The fraction of sp³-hybridized carbons (Fsp3) is 0.333. The number of esters is 1. The van der Waals surface area contributed by atoms with E-state index in [0.29, 0.717) is 0 Å². The Kier molecular flexibility index (Phi) is 4.36. The van der Waals surface area contributed by atoms with Crippen LogP contribution in [0, 0.1) is 18.6 Å². The van der Waals surface area contributed by atoms with Crippen molar-refractivity contribution in [1.82, 2.24) is 4.90 Å². The Morgan fingerprint density at radius 1 is 1.33 bits per heavy atom. The number of rotatable bonds is 3. The summed E-state index contributed by atoms with van der Waals surface area (Å²) >= 11 is 0. The van der Waals surface area contributed by atoms with Crippen LogP contribution in [0.15, 0.2) is 12.1 Å². The molecule has 4 nitrogen and oxygen atoms in total. The van der Waals surface area contributed by atoms with E-state index >= 15 is 0 Å². The lowest BCUT2D eigenvalue weighted by molar-refractivity contribution is -0.141. The van der Waals surface area contributed by atoms with Crippen LogP contribution in [-0.4, -0.2) is 37.5 Å². The Balaban J connectivity index is 3.04. The highest BCUT2D eigenvalue weighted by Gasteiger charge is 2.23. The first-order valence-electron chi connectivity index (χ1n) is 5.15. The number of likely N-dealkylation sites (N-methyl/N-ethyl adjacent to an activating group) is 1. The number of carbonyl (C=O) groups is 2. The molecule has 1 rings (SSSR count). The Morgan fingerprint density at radius 3 is 2.50 bits per heavy atom. The summed E-state index contributed by atoms with van der Waals surface area (Å²) in [5.41, 5.74) is -0.507. The number of nitrogens with zero attached hydrogens (tertiary/aromatic N) is 1. The zero-order valence-corrected chi connectivity index (χ0v) is 10.3. The van der Waals surface area contributed by atoms with Crippen molar-refractivity contribution in [3.05, 3.63) is 34.9 Å². The van der Waals surface area contributed by atoms with E-state index in [4.69, 9.17) is 0 Å². The molecule has 0 aliphatic carbocycles. The Labute approximate surface area is 103 Å². The zero-order chi connectivity index (χ0) is 13.9. The van der Waals surface area contributed by atoms with Crippen LogP contribution in [0.1, 0.15) is 15.9 Å². The largest absolute Gasteiger partial charge is 0.468 e. The van der Waals surface area contributed by atoms with Crippen molar-refractivity contribution in [1.29, 1.82) is 0 Å². The Bertz CT molecular complexity index is 488. The summed E-state index contributed by atoms with van der Waals surface area (Å²) in [7, 11) is 2.43. The molecular weight excluding hydrogens is 244 g/mol. The number of ether oxygens (including phenoxy) is 1. The molecule has 1 aromatic carbocycles. The van der Waals surface area contributed by atoms with E-state index in [-0.39, 0.29) is 12.1 Å². The third-order valence-electron chi connectivity index (χ3n) is 2.44.